The lowest BCUT2D eigenvalue weighted by molar-refractivity contribution is -0.121. The Morgan fingerprint density at radius 1 is 0.723 bits per heavy atom. The number of amides is 4. The number of benzene rings is 2. The third-order valence-electron chi connectivity index (χ3n) is 8.53. The van der Waals surface area contributed by atoms with Crippen LogP contribution in [0.5, 0.6) is 0 Å². The van der Waals surface area contributed by atoms with Crippen LogP contribution in [0.3, 0.4) is 0 Å². The second kappa shape index (κ2) is 13.9. The van der Waals surface area contributed by atoms with Crippen molar-refractivity contribution >= 4 is 35.4 Å². The number of nitrogens with zero attached hydrogens (tertiary/aromatic N) is 3. The van der Waals surface area contributed by atoms with Gasteiger partial charge in [-0.1, -0.05) is 18.2 Å². The van der Waals surface area contributed by atoms with Gasteiger partial charge in [0.05, 0.1) is 0 Å². The van der Waals surface area contributed by atoms with Gasteiger partial charge in [-0.3, -0.25) is 24.3 Å². The van der Waals surface area contributed by atoms with Crippen LogP contribution < -0.4 is 10.6 Å². The van der Waals surface area contributed by atoms with Crippen LogP contribution in [0.1, 0.15) is 83.9 Å². The van der Waals surface area contributed by atoms with Crippen molar-refractivity contribution in [3.05, 3.63) is 59.2 Å². The number of carbonyl (C=O) groups excluding carboxylic acids is 4. The van der Waals surface area contributed by atoms with Crippen LogP contribution in [-0.4, -0.2) is 81.6 Å². The van der Waals surface area contributed by atoms with Gasteiger partial charge in [-0.2, -0.15) is 0 Å². The molecule has 11 heteroatoms. The average molecular weight is 648 g/mol. The molecule has 0 saturated carbocycles. The van der Waals surface area contributed by atoms with E-state index in [-0.39, 0.29) is 11.8 Å². The van der Waals surface area contributed by atoms with Crippen molar-refractivity contribution < 1.29 is 28.7 Å². The second-order valence-electron chi connectivity index (χ2n) is 14.8. The first-order chi connectivity index (χ1) is 22.1. The Bertz CT molecular complexity index is 1500. The molecule has 0 aliphatic carbocycles. The first-order valence-corrected chi connectivity index (χ1v) is 16.7. The molecule has 0 unspecified atom stereocenters. The number of carbonyl (C=O) groups is 4. The maximum Gasteiger partial charge on any atom is 0.410 e. The van der Waals surface area contributed by atoms with Gasteiger partial charge in [0.25, 0.3) is 0 Å². The number of hydrogen-bond acceptors (Lipinski definition) is 7. The first kappa shape index (κ1) is 34.2. The Balaban J connectivity index is 1.15. The molecule has 5 rings (SSSR count). The van der Waals surface area contributed by atoms with Gasteiger partial charge in [0.1, 0.15) is 23.3 Å². The monoisotopic (exact) mass is 647 g/mol. The highest BCUT2D eigenvalue weighted by atomic mass is 16.6. The Hall–Kier alpha value is -4.12. The zero-order chi connectivity index (χ0) is 33.9. The second-order valence-corrected chi connectivity index (χ2v) is 14.8. The summed E-state index contributed by atoms with van der Waals surface area (Å²) in [5, 5.41) is 6.04. The number of rotatable bonds is 6. The molecule has 2 fully saturated rings. The normalized spacial score (nSPS) is 20.0. The van der Waals surface area contributed by atoms with Crippen molar-refractivity contribution in [3.8, 4) is 0 Å². The van der Waals surface area contributed by atoms with Gasteiger partial charge < -0.3 is 20.1 Å². The molecule has 2 aromatic rings. The summed E-state index contributed by atoms with van der Waals surface area (Å²) in [6, 6.07) is 12.8. The van der Waals surface area contributed by atoms with E-state index in [0.29, 0.717) is 31.6 Å². The van der Waals surface area contributed by atoms with Crippen LogP contribution in [0.2, 0.25) is 0 Å². The Morgan fingerprint density at radius 2 is 1.28 bits per heavy atom. The lowest BCUT2D eigenvalue weighted by atomic mass is 9.98. The Kier molecular flexibility index (Phi) is 10.1. The predicted molar refractivity (Wildman–Crippen MR) is 180 cm³/mol. The maximum absolute atomic E-state index is 13.2. The van der Waals surface area contributed by atoms with Crippen molar-refractivity contribution in [2.24, 2.45) is 0 Å². The fourth-order valence-corrected chi connectivity index (χ4v) is 6.44. The molecule has 0 bridgehead atoms. The number of nitrogens with one attached hydrogen (secondary N) is 2. The summed E-state index contributed by atoms with van der Waals surface area (Å²) in [6.07, 6.45) is 2.67. The topological polar surface area (TPSA) is 121 Å². The summed E-state index contributed by atoms with van der Waals surface area (Å²) in [5.41, 5.74) is 3.68. The molecule has 11 nitrogen and oxygen atoms in total. The van der Waals surface area contributed by atoms with E-state index in [1.807, 2.05) is 71.9 Å². The fraction of sp³-hybridized carbons (Fsp3) is 0.556. The standard InChI is InChI=1S/C36H49N5O6/c1-35(2,3)46-33(44)40-17-8-12-29(40)31(42)37-27-11-7-10-24(20-27)22-39-19-16-25-21-28(15-14-26(25)23-39)38-32(43)30-13-9-18-41(30)34(45)47-36(4,5)6/h7,10-11,14-15,20-21,29-30H,8-9,12-13,16-19,22-23H2,1-6H3,(H,37,42)(H,38,43)/t29-,30-/m0/s1. The Morgan fingerprint density at radius 3 is 1.83 bits per heavy atom. The molecule has 2 saturated heterocycles. The van der Waals surface area contributed by atoms with Gasteiger partial charge in [0.2, 0.25) is 11.8 Å². The fourth-order valence-electron chi connectivity index (χ4n) is 6.44. The van der Waals surface area contributed by atoms with Crippen LogP contribution in [0.25, 0.3) is 0 Å². The molecular formula is C36H49N5O6. The minimum absolute atomic E-state index is 0.191. The van der Waals surface area contributed by atoms with Crippen molar-refractivity contribution in [3.63, 3.8) is 0 Å². The van der Waals surface area contributed by atoms with Crippen molar-refractivity contribution in [1.29, 1.82) is 0 Å². The maximum atomic E-state index is 13.2. The minimum atomic E-state index is -0.621. The zero-order valence-electron chi connectivity index (χ0n) is 28.6. The molecule has 2 atom stereocenters. The quantitative estimate of drug-likeness (QED) is 0.399. The summed E-state index contributed by atoms with van der Waals surface area (Å²) in [4.78, 5) is 57.1. The SMILES string of the molecule is CC(C)(C)OC(=O)N1CCC[C@H]1C(=O)Nc1cccc(CN2CCc3cc(NC(=O)[C@@H]4CCCN4C(=O)OC(C)(C)C)ccc3C2)c1. The zero-order valence-corrected chi connectivity index (χ0v) is 28.6. The average Bonchev–Trinajstić information content (AvgIpc) is 3.67. The lowest BCUT2D eigenvalue weighted by Gasteiger charge is -2.30. The van der Waals surface area contributed by atoms with E-state index in [0.717, 1.165) is 50.1 Å². The number of anilines is 2. The van der Waals surface area contributed by atoms with E-state index in [9.17, 15) is 19.2 Å². The van der Waals surface area contributed by atoms with Crippen molar-refractivity contribution in [2.75, 3.05) is 30.3 Å². The molecular weight excluding hydrogens is 598 g/mol. The molecule has 0 spiro atoms. The third kappa shape index (κ3) is 9.03. The molecule has 0 aromatic heterocycles. The summed E-state index contributed by atoms with van der Waals surface area (Å²) >= 11 is 0. The summed E-state index contributed by atoms with van der Waals surface area (Å²) < 4.78 is 11.0. The predicted octanol–water partition coefficient (Wildman–Crippen LogP) is 5.92. The van der Waals surface area contributed by atoms with Gasteiger partial charge in [-0.15, -0.1) is 0 Å². The summed E-state index contributed by atoms with van der Waals surface area (Å²) in [7, 11) is 0. The number of hydrogen-bond donors (Lipinski definition) is 2. The number of ether oxygens (including phenoxy) is 2. The van der Waals surface area contributed by atoms with Crippen LogP contribution in [0.4, 0.5) is 21.0 Å². The number of likely N-dealkylation sites (tertiary alicyclic amines) is 2. The largest absolute Gasteiger partial charge is 0.444 e. The van der Waals surface area contributed by atoms with E-state index < -0.39 is 35.5 Å². The molecule has 2 aromatic carbocycles. The molecule has 3 heterocycles. The molecule has 0 radical (unpaired) electrons. The van der Waals surface area contributed by atoms with Crippen LogP contribution in [-0.2, 0) is 38.6 Å². The van der Waals surface area contributed by atoms with Gasteiger partial charge in [0.15, 0.2) is 0 Å². The molecule has 3 aliphatic rings. The first-order valence-electron chi connectivity index (χ1n) is 16.7. The van der Waals surface area contributed by atoms with Crippen molar-refractivity contribution in [1.82, 2.24) is 14.7 Å². The molecule has 4 amide bonds. The molecule has 2 N–H and O–H groups in total. The van der Waals surface area contributed by atoms with E-state index in [1.54, 1.807) is 0 Å². The van der Waals surface area contributed by atoms with E-state index in [1.165, 1.54) is 20.9 Å². The highest BCUT2D eigenvalue weighted by molar-refractivity contribution is 5.97. The lowest BCUT2D eigenvalue weighted by Crippen LogP contribution is -2.45. The minimum Gasteiger partial charge on any atom is -0.444 e. The summed E-state index contributed by atoms with van der Waals surface area (Å²) in [5.74, 6) is -0.394. The number of fused-ring (bicyclic) bond motifs is 1. The molecule has 3 aliphatic heterocycles. The highest BCUT2D eigenvalue weighted by Crippen LogP contribution is 2.27. The van der Waals surface area contributed by atoms with Crippen molar-refractivity contribution in [2.45, 2.75) is 110 Å². The van der Waals surface area contributed by atoms with Gasteiger partial charge in [-0.05, 0) is 115 Å². The molecule has 47 heavy (non-hydrogen) atoms. The Labute approximate surface area is 277 Å². The van der Waals surface area contributed by atoms with Crippen LogP contribution in [0.15, 0.2) is 42.5 Å². The summed E-state index contributed by atoms with van der Waals surface area (Å²) in [6.45, 7) is 14.3. The van der Waals surface area contributed by atoms with E-state index >= 15 is 0 Å². The van der Waals surface area contributed by atoms with Gasteiger partial charge in [-0.25, -0.2) is 9.59 Å². The molecule has 254 valence electrons. The van der Waals surface area contributed by atoms with Gasteiger partial charge >= 0.3 is 12.2 Å². The van der Waals surface area contributed by atoms with Crippen LogP contribution in [0, 0.1) is 0 Å². The third-order valence-corrected chi connectivity index (χ3v) is 8.53. The van der Waals surface area contributed by atoms with E-state index in [4.69, 9.17) is 9.47 Å². The van der Waals surface area contributed by atoms with Crippen LogP contribution >= 0.6 is 0 Å². The van der Waals surface area contributed by atoms with Gasteiger partial charge in [0, 0.05) is 44.1 Å². The van der Waals surface area contributed by atoms with E-state index in [2.05, 4.69) is 27.7 Å². The highest BCUT2D eigenvalue weighted by Gasteiger charge is 2.38. The smallest absolute Gasteiger partial charge is 0.410 e.